The van der Waals surface area contributed by atoms with Crippen LogP contribution in [0, 0.1) is 5.82 Å². The highest BCUT2D eigenvalue weighted by atomic mass is 19.1. The molecule has 1 aliphatic rings. The minimum Gasteiger partial charge on any atom is -0.382 e. The van der Waals surface area contributed by atoms with Gasteiger partial charge in [0.25, 0.3) is 5.91 Å². The summed E-state index contributed by atoms with van der Waals surface area (Å²) >= 11 is 0. The number of oxime groups is 1. The molecule has 126 valence electrons. The van der Waals surface area contributed by atoms with E-state index in [4.69, 9.17) is 9.36 Å². The van der Waals surface area contributed by atoms with Gasteiger partial charge in [-0.2, -0.15) is 0 Å². The van der Waals surface area contributed by atoms with E-state index in [2.05, 4.69) is 10.3 Å². The number of hydrogen-bond acceptors (Lipinski definition) is 5. The number of carbonyl (C=O) groups excluding carboxylic acids is 1. The average Bonchev–Trinajstić information content (AvgIpc) is 3.26. The first-order valence-corrected chi connectivity index (χ1v) is 7.67. The molecule has 0 N–H and O–H groups in total. The molecule has 1 aromatic heterocycles. The first-order valence-electron chi connectivity index (χ1n) is 7.67. The number of nitrogens with zero attached hydrogens (tertiary/aromatic N) is 3. The molecule has 0 fully saturated rings. The van der Waals surface area contributed by atoms with Crippen molar-refractivity contribution in [2.45, 2.75) is 31.9 Å². The molecule has 2 aromatic rings. The minimum absolute atomic E-state index is 0.164. The minimum atomic E-state index is -0.639. The van der Waals surface area contributed by atoms with Crippen LogP contribution < -0.4 is 0 Å². The molecule has 1 aliphatic heterocycles. The van der Waals surface area contributed by atoms with E-state index in [9.17, 15) is 9.18 Å². The van der Waals surface area contributed by atoms with Crippen LogP contribution >= 0.6 is 0 Å². The lowest BCUT2D eigenvalue weighted by atomic mass is 10.0. The summed E-state index contributed by atoms with van der Waals surface area (Å²) in [5.41, 5.74) is 2.37. The van der Waals surface area contributed by atoms with Crippen molar-refractivity contribution in [1.29, 1.82) is 0 Å². The smallest absolute Gasteiger partial charge is 0.267 e. The lowest BCUT2D eigenvalue weighted by Crippen LogP contribution is -2.38. The van der Waals surface area contributed by atoms with E-state index in [-0.39, 0.29) is 17.8 Å². The van der Waals surface area contributed by atoms with Gasteiger partial charge in [0.1, 0.15) is 17.8 Å². The van der Waals surface area contributed by atoms with Crippen LogP contribution in [0.4, 0.5) is 4.39 Å². The molecule has 0 unspecified atom stereocenters. The second kappa shape index (κ2) is 6.82. The number of likely N-dealkylation sites (N-methyl/N-ethyl adjacent to an activating group) is 1. The Morgan fingerprint density at radius 1 is 1.38 bits per heavy atom. The van der Waals surface area contributed by atoms with Gasteiger partial charge in [0.2, 0.25) is 6.10 Å². The zero-order valence-corrected chi connectivity index (χ0v) is 13.5. The van der Waals surface area contributed by atoms with Crippen molar-refractivity contribution in [2.24, 2.45) is 5.16 Å². The monoisotopic (exact) mass is 331 g/mol. The first kappa shape index (κ1) is 16.2. The molecule has 1 aromatic carbocycles. The van der Waals surface area contributed by atoms with E-state index >= 15 is 0 Å². The third-order valence-electron chi connectivity index (χ3n) is 4.14. The fraction of sp³-hybridized carbons (Fsp3) is 0.353. The quantitative estimate of drug-likeness (QED) is 0.845. The topological polar surface area (TPSA) is 67.9 Å². The summed E-state index contributed by atoms with van der Waals surface area (Å²) in [5, 5.41) is 7.86. The van der Waals surface area contributed by atoms with E-state index in [1.54, 1.807) is 30.1 Å². The molecule has 0 saturated carbocycles. The number of hydrogen-bond donors (Lipinski definition) is 0. The van der Waals surface area contributed by atoms with Gasteiger partial charge in [0.15, 0.2) is 0 Å². The van der Waals surface area contributed by atoms with Crippen LogP contribution in [0.15, 0.2) is 46.3 Å². The second-order valence-electron chi connectivity index (χ2n) is 5.81. The third kappa shape index (κ3) is 3.45. The van der Waals surface area contributed by atoms with Crippen LogP contribution in [0.25, 0.3) is 0 Å². The molecule has 0 bridgehead atoms. The summed E-state index contributed by atoms with van der Waals surface area (Å²) in [7, 11) is 1.70. The van der Waals surface area contributed by atoms with Crippen molar-refractivity contribution in [3.63, 3.8) is 0 Å². The van der Waals surface area contributed by atoms with Gasteiger partial charge in [-0.1, -0.05) is 22.4 Å². The van der Waals surface area contributed by atoms with Crippen molar-refractivity contribution in [3.8, 4) is 0 Å². The van der Waals surface area contributed by atoms with Gasteiger partial charge in [-0.05, 0) is 24.6 Å². The van der Waals surface area contributed by atoms with Crippen molar-refractivity contribution >= 4 is 11.6 Å². The lowest BCUT2D eigenvalue weighted by molar-refractivity contribution is -0.142. The highest BCUT2D eigenvalue weighted by Crippen LogP contribution is 2.22. The summed E-state index contributed by atoms with van der Waals surface area (Å²) in [5.74, 6) is -0.441. The van der Waals surface area contributed by atoms with Gasteiger partial charge in [-0.25, -0.2) is 4.39 Å². The number of benzene rings is 1. The van der Waals surface area contributed by atoms with Crippen LogP contribution in [-0.4, -0.2) is 34.8 Å². The molecule has 2 atom stereocenters. The molecule has 0 radical (unpaired) electrons. The Balaban J connectivity index is 1.57. The summed E-state index contributed by atoms with van der Waals surface area (Å²) in [6.45, 7) is 1.87. The molecule has 7 heteroatoms. The molecule has 0 saturated heterocycles. The van der Waals surface area contributed by atoms with Gasteiger partial charge >= 0.3 is 0 Å². The van der Waals surface area contributed by atoms with Gasteiger partial charge in [0, 0.05) is 26.0 Å². The fourth-order valence-corrected chi connectivity index (χ4v) is 2.56. The Bertz CT molecular complexity index is 728. The van der Waals surface area contributed by atoms with Crippen molar-refractivity contribution < 1.29 is 18.5 Å². The molecule has 6 nitrogen and oxygen atoms in total. The summed E-state index contributed by atoms with van der Waals surface area (Å²) < 4.78 is 17.7. The molecule has 1 amide bonds. The first-order chi connectivity index (χ1) is 11.5. The highest BCUT2D eigenvalue weighted by molar-refractivity contribution is 5.94. The largest absolute Gasteiger partial charge is 0.382 e. The van der Waals surface area contributed by atoms with E-state index in [1.807, 2.05) is 6.92 Å². The van der Waals surface area contributed by atoms with Crippen LogP contribution in [-0.2, 0) is 16.1 Å². The molecule has 0 spiro atoms. The number of rotatable bonds is 5. The molecular weight excluding hydrogens is 313 g/mol. The maximum atomic E-state index is 12.9. The normalized spacial score (nSPS) is 18.0. The highest BCUT2D eigenvalue weighted by Gasteiger charge is 2.33. The molecule has 0 aliphatic carbocycles. The SMILES string of the molecule is C[C@H](c1ccon1)N(C)C(=O)[C@H]1CC(Cc2ccc(F)cc2)=NO1. The van der Waals surface area contributed by atoms with Crippen LogP contribution in [0.5, 0.6) is 0 Å². The van der Waals surface area contributed by atoms with Gasteiger partial charge in [0.05, 0.1) is 11.8 Å². The van der Waals surface area contributed by atoms with E-state index in [0.717, 1.165) is 11.3 Å². The number of aromatic nitrogens is 1. The van der Waals surface area contributed by atoms with Crippen molar-refractivity contribution in [1.82, 2.24) is 10.1 Å². The Morgan fingerprint density at radius 2 is 2.12 bits per heavy atom. The summed E-state index contributed by atoms with van der Waals surface area (Å²) in [4.78, 5) is 19.4. The van der Waals surface area contributed by atoms with Gasteiger partial charge < -0.3 is 14.3 Å². The zero-order chi connectivity index (χ0) is 17.1. The van der Waals surface area contributed by atoms with Crippen molar-refractivity contribution in [2.75, 3.05) is 7.05 Å². The van der Waals surface area contributed by atoms with Crippen LogP contribution in [0.1, 0.15) is 30.6 Å². The fourth-order valence-electron chi connectivity index (χ4n) is 2.56. The maximum Gasteiger partial charge on any atom is 0.267 e. The van der Waals surface area contributed by atoms with E-state index < -0.39 is 6.10 Å². The Labute approximate surface area is 138 Å². The van der Waals surface area contributed by atoms with Gasteiger partial charge in [-0.15, -0.1) is 0 Å². The van der Waals surface area contributed by atoms with E-state index in [1.165, 1.54) is 18.4 Å². The predicted octanol–water partition coefficient (Wildman–Crippen LogP) is 2.72. The summed E-state index contributed by atoms with van der Waals surface area (Å²) in [6.07, 6.45) is 1.79. The standard InChI is InChI=1S/C17H18FN3O3/c1-11(15-7-8-23-20-15)21(2)17(22)16-10-14(19-24-16)9-12-3-5-13(18)6-4-12/h3-8,11,16H,9-10H2,1-2H3/t11-,16-/m1/s1. The average molecular weight is 331 g/mol. The number of halogens is 1. The predicted molar refractivity (Wildman–Crippen MR) is 84.7 cm³/mol. The Kier molecular flexibility index (Phi) is 4.59. The van der Waals surface area contributed by atoms with Gasteiger partial charge in [-0.3, -0.25) is 4.79 Å². The summed E-state index contributed by atoms with van der Waals surface area (Å²) in [6, 6.07) is 7.71. The van der Waals surface area contributed by atoms with Crippen molar-refractivity contribution in [3.05, 3.63) is 53.7 Å². The molecular formula is C17H18FN3O3. The second-order valence-corrected chi connectivity index (χ2v) is 5.81. The number of carbonyl (C=O) groups is 1. The molecule has 3 rings (SSSR count). The number of amides is 1. The lowest BCUT2D eigenvalue weighted by Gasteiger charge is -2.24. The third-order valence-corrected chi connectivity index (χ3v) is 4.14. The Morgan fingerprint density at radius 3 is 2.79 bits per heavy atom. The van der Waals surface area contributed by atoms with Crippen LogP contribution in [0.2, 0.25) is 0 Å². The van der Waals surface area contributed by atoms with Crippen LogP contribution in [0.3, 0.4) is 0 Å². The molecule has 24 heavy (non-hydrogen) atoms. The zero-order valence-electron chi connectivity index (χ0n) is 13.5. The molecule has 2 heterocycles. The maximum absolute atomic E-state index is 12.9. The van der Waals surface area contributed by atoms with E-state index in [0.29, 0.717) is 18.5 Å². The Hall–Kier alpha value is -2.70.